The van der Waals surface area contributed by atoms with Crippen molar-refractivity contribution < 1.29 is 23.1 Å². The van der Waals surface area contributed by atoms with Gasteiger partial charge in [0.2, 0.25) is 0 Å². The second-order valence-electron chi connectivity index (χ2n) is 6.02. The Morgan fingerprint density at radius 1 is 1.39 bits per heavy atom. The number of hydrogen-bond acceptors (Lipinski definition) is 6. The molecule has 1 rings (SSSR count). The number of aromatic nitrogens is 1. The standard InChI is InChI=1S/C14H23N3O5S/c1-10(17-13(19)22-14(2,3)4)11(18)9-16-23(20,21)12-7-5-6-8-15-12/h5-8,10-11,16,18H,9H2,1-4H3,(H,17,19)/t10-,11?/m0/s1. The molecule has 1 aromatic rings. The van der Waals surface area contributed by atoms with Gasteiger partial charge < -0.3 is 15.2 Å². The minimum Gasteiger partial charge on any atom is -0.444 e. The van der Waals surface area contributed by atoms with Gasteiger partial charge in [-0.15, -0.1) is 0 Å². The van der Waals surface area contributed by atoms with Gasteiger partial charge in [-0.25, -0.2) is 22.9 Å². The molecular weight excluding hydrogens is 322 g/mol. The van der Waals surface area contributed by atoms with Crippen molar-refractivity contribution in [1.82, 2.24) is 15.0 Å². The molecule has 23 heavy (non-hydrogen) atoms. The van der Waals surface area contributed by atoms with Crippen LogP contribution in [0.3, 0.4) is 0 Å². The largest absolute Gasteiger partial charge is 0.444 e. The Kier molecular flexibility index (Phi) is 6.48. The van der Waals surface area contributed by atoms with Crippen LogP contribution in [-0.4, -0.2) is 48.9 Å². The quantitative estimate of drug-likeness (QED) is 0.696. The molecule has 0 spiro atoms. The summed E-state index contributed by atoms with van der Waals surface area (Å²) >= 11 is 0. The van der Waals surface area contributed by atoms with Gasteiger partial charge in [-0.3, -0.25) is 0 Å². The van der Waals surface area contributed by atoms with Crippen LogP contribution in [-0.2, 0) is 14.8 Å². The maximum absolute atomic E-state index is 12.0. The van der Waals surface area contributed by atoms with Gasteiger partial charge in [-0.05, 0) is 39.8 Å². The second kappa shape index (κ2) is 7.71. The molecule has 0 aromatic carbocycles. The predicted octanol–water partition coefficient (Wildman–Crippen LogP) is 0.634. The molecule has 0 bridgehead atoms. The molecule has 0 aliphatic carbocycles. The molecule has 1 aromatic heterocycles. The van der Waals surface area contributed by atoms with Crippen molar-refractivity contribution in [2.75, 3.05) is 6.54 Å². The molecule has 1 heterocycles. The van der Waals surface area contributed by atoms with Crippen molar-refractivity contribution in [3.8, 4) is 0 Å². The van der Waals surface area contributed by atoms with E-state index in [9.17, 15) is 18.3 Å². The minimum atomic E-state index is -3.81. The summed E-state index contributed by atoms with van der Waals surface area (Å²) in [6.45, 7) is 6.43. The number of alkyl carbamates (subject to hydrolysis) is 1. The van der Waals surface area contributed by atoms with Gasteiger partial charge in [0, 0.05) is 12.7 Å². The number of nitrogens with one attached hydrogen (secondary N) is 2. The third-order valence-corrected chi connectivity index (χ3v) is 4.06. The predicted molar refractivity (Wildman–Crippen MR) is 84.3 cm³/mol. The summed E-state index contributed by atoms with van der Waals surface area (Å²) < 4.78 is 31.3. The van der Waals surface area contributed by atoms with E-state index in [2.05, 4.69) is 15.0 Å². The van der Waals surface area contributed by atoms with Crippen LogP contribution in [0.5, 0.6) is 0 Å². The van der Waals surface area contributed by atoms with Crippen LogP contribution in [0.4, 0.5) is 4.79 Å². The van der Waals surface area contributed by atoms with Crippen molar-refractivity contribution in [3.63, 3.8) is 0 Å². The first-order valence-electron chi connectivity index (χ1n) is 7.09. The Balaban J connectivity index is 2.53. The fraction of sp³-hybridized carbons (Fsp3) is 0.571. The third-order valence-electron chi connectivity index (χ3n) is 2.72. The van der Waals surface area contributed by atoms with Crippen LogP contribution in [0.2, 0.25) is 0 Å². The molecule has 1 unspecified atom stereocenters. The summed E-state index contributed by atoms with van der Waals surface area (Å²) in [6.07, 6.45) is -0.449. The molecule has 130 valence electrons. The maximum atomic E-state index is 12.0. The number of rotatable bonds is 6. The number of carbonyl (C=O) groups excluding carboxylic acids is 1. The summed E-state index contributed by atoms with van der Waals surface area (Å²) in [5.74, 6) is 0. The number of ether oxygens (including phenoxy) is 1. The Labute approximate surface area is 136 Å². The van der Waals surface area contributed by atoms with Gasteiger partial charge in [0.1, 0.15) is 5.60 Å². The van der Waals surface area contributed by atoms with Crippen molar-refractivity contribution in [2.45, 2.75) is 50.5 Å². The first-order valence-corrected chi connectivity index (χ1v) is 8.58. The number of pyridine rings is 1. The zero-order valence-electron chi connectivity index (χ0n) is 13.6. The summed E-state index contributed by atoms with van der Waals surface area (Å²) in [4.78, 5) is 15.3. The van der Waals surface area contributed by atoms with E-state index in [0.717, 1.165) is 0 Å². The van der Waals surface area contributed by atoms with Crippen molar-refractivity contribution in [1.29, 1.82) is 0 Å². The normalized spacial score (nSPS) is 14.8. The number of sulfonamides is 1. The zero-order chi connectivity index (χ0) is 17.7. The van der Waals surface area contributed by atoms with E-state index in [1.54, 1.807) is 39.8 Å². The van der Waals surface area contributed by atoms with Crippen LogP contribution in [0.15, 0.2) is 29.4 Å². The van der Waals surface area contributed by atoms with Crippen LogP contribution in [0.1, 0.15) is 27.7 Å². The highest BCUT2D eigenvalue weighted by Gasteiger charge is 2.23. The lowest BCUT2D eigenvalue weighted by Crippen LogP contribution is -2.47. The van der Waals surface area contributed by atoms with E-state index in [-0.39, 0.29) is 11.6 Å². The highest BCUT2D eigenvalue weighted by atomic mass is 32.2. The van der Waals surface area contributed by atoms with Crippen molar-refractivity contribution in [2.24, 2.45) is 0 Å². The van der Waals surface area contributed by atoms with E-state index >= 15 is 0 Å². The van der Waals surface area contributed by atoms with E-state index in [1.807, 2.05) is 0 Å². The van der Waals surface area contributed by atoms with Gasteiger partial charge in [0.25, 0.3) is 10.0 Å². The van der Waals surface area contributed by atoms with Crippen LogP contribution < -0.4 is 10.0 Å². The SMILES string of the molecule is C[C@H](NC(=O)OC(C)(C)C)C(O)CNS(=O)(=O)c1ccccn1. The Morgan fingerprint density at radius 2 is 2.04 bits per heavy atom. The Hall–Kier alpha value is -1.71. The lowest BCUT2D eigenvalue weighted by atomic mass is 10.2. The first kappa shape index (κ1) is 19.3. The van der Waals surface area contributed by atoms with E-state index in [1.165, 1.54) is 12.3 Å². The topological polar surface area (TPSA) is 118 Å². The number of hydrogen-bond donors (Lipinski definition) is 3. The molecule has 0 radical (unpaired) electrons. The number of carbonyl (C=O) groups is 1. The number of nitrogens with zero attached hydrogens (tertiary/aromatic N) is 1. The van der Waals surface area contributed by atoms with Gasteiger partial charge >= 0.3 is 6.09 Å². The number of aliphatic hydroxyl groups is 1. The Morgan fingerprint density at radius 3 is 2.57 bits per heavy atom. The maximum Gasteiger partial charge on any atom is 0.407 e. The second-order valence-corrected chi connectivity index (χ2v) is 7.74. The monoisotopic (exact) mass is 345 g/mol. The highest BCUT2D eigenvalue weighted by Crippen LogP contribution is 2.07. The summed E-state index contributed by atoms with van der Waals surface area (Å²) in [7, 11) is -3.81. The van der Waals surface area contributed by atoms with Crippen LogP contribution in [0.25, 0.3) is 0 Å². The fourth-order valence-corrected chi connectivity index (χ4v) is 2.54. The highest BCUT2D eigenvalue weighted by molar-refractivity contribution is 7.89. The molecule has 0 aliphatic rings. The fourth-order valence-electron chi connectivity index (χ4n) is 1.54. The molecule has 3 N–H and O–H groups in total. The molecule has 9 heteroatoms. The third kappa shape index (κ3) is 6.93. The van der Waals surface area contributed by atoms with Crippen molar-refractivity contribution >= 4 is 16.1 Å². The molecule has 8 nitrogen and oxygen atoms in total. The van der Waals surface area contributed by atoms with Gasteiger partial charge in [0.05, 0.1) is 12.1 Å². The molecule has 0 fully saturated rings. The van der Waals surface area contributed by atoms with E-state index < -0.39 is 33.9 Å². The molecular formula is C14H23N3O5S. The molecule has 1 amide bonds. The summed E-state index contributed by atoms with van der Waals surface area (Å²) in [5, 5.41) is 12.3. The molecule has 0 saturated carbocycles. The van der Waals surface area contributed by atoms with Gasteiger partial charge in [-0.2, -0.15) is 0 Å². The smallest absolute Gasteiger partial charge is 0.407 e. The van der Waals surface area contributed by atoms with Gasteiger partial charge in [0.15, 0.2) is 5.03 Å². The van der Waals surface area contributed by atoms with Crippen LogP contribution in [0, 0.1) is 0 Å². The summed E-state index contributed by atoms with van der Waals surface area (Å²) in [6, 6.07) is 3.79. The average Bonchev–Trinajstić information content (AvgIpc) is 2.43. The molecule has 0 saturated heterocycles. The lowest BCUT2D eigenvalue weighted by molar-refractivity contribution is 0.0441. The van der Waals surface area contributed by atoms with E-state index in [4.69, 9.17) is 4.74 Å². The van der Waals surface area contributed by atoms with Crippen LogP contribution >= 0.6 is 0 Å². The minimum absolute atomic E-state index is 0.139. The lowest BCUT2D eigenvalue weighted by Gasteiger charge is -2.24. The first-order chi connectivity index (χ1) is 10.5. The number of aliphatic hydroxyl groups excluding tert-OH is 1. The molecule has 0 aliphatic heterocycles. The number of amides is 1. The van der Waals surface area contributed by atoms with E-state index in [0.29, 0.717) is 0 Å². The Bertz CT molecular complexity index is 613. The average molecular weight is 345 g/mol. The van der Waals surface area contributed by atoms with Crippen molar-refractivity contribution in [3.05, 3.63) is 24.4 Å². The van der Waals surface area contributed by atoms with Gasteiger partial charge in [-0.1, -0.05) is 6.07 Å². The molecule has 2 atom stereocenters. The summed E-state index contributed by atoms with van der Waals surface area (Å²) in [5.41, 5.74) is -0.657. The zero-order valence-corrected chi connectivity index (χ0v) is 14.4.